The maximum atomic E-state index is 10.1. The first-order chi connectivity index (χ1) is 11.7. The van der Waals surface area contributed by atoms with Crippen molar-refractivity contribution in [2.24, 2.45) is 11.1 Å². The quantitative estimate of drug-likeness (QED) is 0.315. The van der Waals surface area contributed by atoms with Gasteiger partial charge in [0.1, 0.15) is 12.8 Å². The zero-order chi connectivity index (χ0) is 17.6. The van der Waals surface area contributed by atoms with Crippen LogP contribution in [0.2, 0.25) is 0 Å². The van der Waals surface area contributed by atoms with E-state index >= 15 is 0 Å². The third-order valence-corrected chi connectivity index (χ3v) is 4.07. The van der Waals surface area contributed by atoms with Gasteiger partial charge in [0.25, 0.3) is 0 Å². The lowest BCUT2D eigenvalue weighted by molar-refractivity contribution is 0.181. The summed E-state index contributed by atoms with van der Waals surface area (Å²) in [4.78, 5) is 4.95. The Balaban J connectivity index is 2.64. The van der Waals surface area contributed by atoms with Crippen LogP contribution in [0, 0.1) is 5.92 Å². The van der Waals surface area contributed by atoms with Crippen LogP contribution in [0.3, 0.4) is 0 Å². The van der Waals surface area contributed by atoms with Crippen LogP contribution in [0.4, 0.5) is 0 Å². The molecule has 0 fully saturated rings. The number of nitrogens with zero attached hydrogens (tertiary/aromatic N) is 1. The third-order valence-electron chi connectivity index (χ3n) is 4.07. The Labute approximate surface area is 147 Å². The van der Waals surface area contributed by atoms with Gasteiger partial charge in [0.2, 0.25) is 0 Å². The minimum atomic E-state index is -0.342. The van der Waals surface area contributed by atoms with E-state index < -0.39 is 0 Å². The van der Waals surface area contributed by atoms with Crippen LogP contribution in [-0.2, 0) is 4.84 Å². The van der Waals surface area contributed by atoms with Crippen molar-refractivity contribution in [3.8, 4) is 0 Å². The van der Waals surface area contributed by atoms with Gasteiger partial charge in [-0.1, -0.05) is 68.3 Å². The second kappa shape index (κ2) is 12.8. The number of rotatable bonds is 11. The lowest BCUT2D eigenvalue weighted by Gasteiger charge is -2.11. The molecular formula is C21H33NO2. The van der Waals surface area contributed by atoms with Gasteiger partial charge in [0.15, 0.2) is 0 Å². The summed E-state index contributed by atoms with van der Waals surface area (Å²) in [5.74, 6) is 0.329. The molecule has 3 heteroatoms. The highest BCUT2D eigenvalue weighted by Gasteiger charge is 2.21. The molecular weight excluding hydrogens is 298 g/mol. The van der Waals surface area contributed by atoms with Crippen molar-refractivity contribution in [2.75, 3.05) is 7.11 Å². The van der Waals surface area contributed by atoms with Gasteiger partial charge >= 0.3 is 0 Å². The molecule has 0 aromatic rings. The van der Waals surface area contributed by atoms with Gasteiger partial charge < -0.3 is 9.94 Å². The Bertz CT molecular complexity index is 486. The molecule has 0 aromatic heterocycles. The van der Waals surface area contributed by atoms with Crippen molar-refractivity contribution in [1.29, 1.82) is 0 Å². The standard InChI is InChI=1S/C21H33NO2/c1-4-6-8-9-11-12-18-14-17-21(22-24-3)20(18)16-15-19(23)13-10-7-5-2/h7,9-11,14,16-19,23H,4-6,8,12-13,15H2,1-3H3/b10-7-,11-9-,20-16?,22-21-/t18-,19-/m0/s1. The van der Waals surface area contributed by atoms with Crippen LogP contribution in [0.25, 0.3) is 0 Å². The van der Waals surface area contributed by atoms with E-state index in [4.69, 9.17) is 4.84 Å². The maximum Gasteiger partial charge on any atom is 0.106 e. The number of unbranched alkanes of at least 4 members (excludes halogenated alkanes) is 2. The van der Waals surface area contributed by atoms with Gasteiger partial charge in [-0.15, -0.1) is 0 Å². The van der Waals surface area contributed by atoms with Crippen molar-refractivity contribution in [3.63, 3.8) is 0 Å². The van der Waals surface area contributed by atoms with E-state index in [1.165, 1.54) is 12.8 Å². The number of hydrogen-bond donors (Lipinski definition) is 1. The Morgan fingerprint density at radius 3 is 2.75 bits per heavy atom. The minimum absolute atomic E-state index is 0.329. The predicted molar refractivity (Wildman–Crippen MR) is 103 cm³/mol. The monoisotopic (exact) mass is 331 g/mol. The smallest absolute Gasteiger partial charge is 0.106 e. The third kappa shape index (κ3) is 7.78. The van der Waals surface area contributed by atoms with E-state index in [1.54, 1.807) is 7.11 Å². The molecule has 0 spiro atoms. The predicted octanol–water partition coefficient (Wildman–Crippen LogP) is 5.35. The number of aliphatic hydroxyl groups excluding tert-OH is 1. The fourth-order valence-electron chi connectivity index (χ4n) is 2.70. The number of allylic oxidation sites excluding steroid dienone is 6. The average molecular weight is 332 g/mol. The summed E-state index contributed by atoms with van der Waals surface area (Å²) in [5.41, 5.74) is 2.04. The highest BCUT2D eigenvalue weighted by Crippen LogP contribution is 2.27. The number of aliphatic hydroxyl groups is 1. The average Bonchev–Trinajstić information content (AvgIpc) is 2.95. The fourth-order valence-corrected chi connectivity index (χ4v) is 2.70. The lowest BCUT2D eigenvalue weighted by Crippen LogP contribution is -2.07. The second-order valence-corrected chi connectivity index (χ2v) is 6.14. The van der Waals surface area contributed by atoms with Crippen molar-refractivity contribution in [1.82, 2.24) is 0 Å². The number of hydrogen-bond acceptors (Lipinski definition) is 3. The minimum Gasteiger partial charge on any atom is -0.399 e. The van der Waals surface area contributed by atoms with Crippen LogP contribution in [0.15, 0.2) is 53.3 Å². The van der Waals surface area contributed by atoms with Crippen LogP contribution in [0.5, 0.6) is 0 Å². The first-order valence-corrected chi connectivity index (χ1v) is 9.20. The van der Waals surface area contributed by atoms with Crippen LogP contribution in [-0.4, -0.2) is 24.0 Å². The van der Waals surface area contributed by atoms with E-state index in [1.807, 2.05) is 12.2 Å². The first kappa shape index (κ1) is 20.4. The molecule has 3 nitrogen and oxygen atoms in total. The largest absolute Gasteiger partial charge is 0.399 e. The Hall–Kier alpha value is -1.61. The molecule has 0 radical (unpaired) electrons. The summed E-state index contributed by atoms with van der Waals surface area (Å²) in [7, 11) is 1.57. The van der Waals surface area contributed by atoms with E-state index in [0.29, 0.717) is 18.8 Å². The molecule has 134 valence electrons. The van der Waals surface area contributed by atoms with Gasteiger partial charge in [-0.3, -0.25) is 0 Å². The van der Waals surface area contributed by atoms with E-state index in [-0.39, 0.29) is 6.10 Å². The van der Waals surface area contributed by atoms with Gasteiger partial charge in [0.05, 0.1) is 6.10 Å². The molecule has 0 heterocycles. The van der Waals surface area contributed by atoms with Gasteiger partial charge in [-0.2, -0.15) is 0 Å². The molecule has 0 bridgehead atoms. The molecule has 24 heavy (non-hydrogen) atoms. The topological polar surface area (TPSA) is 41.8 Å². The zero-order valence-electron chi connectivity index (χ0n) is 15.4. The van der Waals surface area contributed by atoms with Crippen molar-refractivity contribution in [2.45, 2.75) is 64.9 Å². The van der Waals surface area contributed by atoms with Crippen molar-refractivity contribution >= 4 is 5.71 Å². The molecule has 0 amide bonds. The Kier molecular flexibility index (Phi) is 10.9. The van der Waals surface area contributed by atoms with Crippen molar-refractivity contribution < 1.29 is 9.94 Å². The maximum absolute atomic E-state index is 10.1. The summed E-state index contributed by atoms with van der Waals surface area (Å²) in [6, 6.07) is 0. The van der Waals surface area contributed by atoms with Crippen molar-refractivity contribution in [3.05, 3.63) is 48.1 Å². The van der Waals surface area contributed by atoms with Gasteiger partial charge in [-0.05, 0) is 43.8 Å². The fraction of sp³-hybridized carbons (Fsp3) is 0.571. The molecule has 0 saturated carbocycles. The Morgan fingerprint density at radius 1 is 1.21 bits per heavy atom. The molecule has 1 aliphatic rings. The molecule has 1 N–H and O–H groups in total. The highest BCUT2D eigenvalue weighted by atomic mass is 16.6. The highest BCUT2D eigenvalue weighted by molar-refractivity contribution is 6.11. The number of oxime groups is 1. The van der Waals surface area contributed by atoms with E-state index in [2.05, 4.69) is 49.4 Å². The molecule has 0 aliphatic heterocycles. The summed E-state index contributed by atoms with van der Waals surface area (Å²) in [6.07, 6.45) is 21.6. The molecule has 0 aromatic carbocycles. The SMILES string of the molecule is CC/C=C\C[C@H](O)CC=C1/C(=N\OC)C=C[C@@H]1C/C=C\CCCC. The molecule has 0 unspecified atom stereocenters. The van der Waals surface area contributed by atoms with Crippen LogP contribution in [0.1, 0.15) is 58.8 Å². The molecule has 2 atom stereocenters. The summed E-state index contributed by atoms with van der Waals surface area (Å²) >= 11 is 0. The second-order valence-electron chi connectivity index (χ2n) is 6.14. The molecule has 1 aliphatic carbocycles. The van der Waals surface area contributed by atoms with Crippen LogP contribution < -0.4 is 0 Å². The lowest BCUT2D eigenvalue weighted by atomic mass is 9.95. The van der Waals surface area contributed by atoms with Crippen LogP contribution >= 0.6 is 0 Å². The summed E-state index contributed by atoms with van der Waals surface area (Å²) in [6.45, 7) is 4.31. The molecule has 0 saturated heterocycles. The van der Waals surface area contributed by atoms with Gasteiger partial charge in [0, 0.05) is 5.92 Å². The van der Waals surface area contributed by atoms with Gasteiger partial charge in [-0.25, -0.2) is 0 Å². The normalized spacial score (nSPS) is 22.4. The summed E-state index contributed by atoms with van der Waals surface area (Å²) < 4.78 is 0. The molecule has 1 rings (SSSR count). The van der Waals surface area contributed by atoms with E-state index in [9.17, 15) is 5.11 Å². The summed E-state index contributed by atoms with van der Waals surface area (Å²) in [5, 5.41) is 14.2. The Morgan fingerprint density at radius 2 is 2.04 bits per heavy atom. The van der Waals surface area contributed by atoms with E-state index in [0.717, 1.165) is 30.5 Å². The zero-order valence-corrected chi connectivity index (χ0v) is 15.4. The first-order valence-electron chi connectivity index (χ1n) is 9.20.